The molecule has 6 nitrogen and oxygen atoms in total. The molecule has 0 bridgehead atoms. The topological polar surface area (TPSA) is 76.7 Å². The minimum absolute atomic E-state index is 0.0816. The molecule has 0 aliphatic heterocycles. The molecule has 6 heteroatoms. The molecule has 0 aromatic heterocycles. The molecule has 2 N–H and O–H groups in total. The third kappa shape index (κ3) is 4.05. The fourth-order valence-electron chi connectivity index (χ4n) is 3.32. The number of hydrogen-bond donors (Lipinski definition) is 2. The molecule has 2 amide bonds. The first-order valence-electron chi connectivity index (χ1n) is 8.95. The number of nitrogens with one attached hydrogen (secondary N) is 2. The van der Waals surface area contributed by atoms with E-state index >= 15 is 0 Å². The van der Waals surface area contributed by atoms with Gasteiger partial charge in [0.15, 0.2) is 11.5 Å². The lowest BCUT2D eigenvalue weighted by Crippen LogP contribution is -2.53. The highest BCUT2D eigenvalue weighted by Crippen LogP contribution is 2.41. The monoisotopic (exact) mass is 368 g/mol. The molecule has 1 aliphatic rings. The lowest BCUT2D eigenvalue weighted by molar-refractivity contribution is -0.123. The average Bonchev–Trinajstić information content (AvgIpc) is 2.68. The fraction of sp³-hybridized carbons (Fsp3) is 0.333. The molecule has 142 valence electrons. The number of benzene rings is 2. The lowest BCUT2D eigenvalue weighted by Gasteiger charge is -2.43. The Morgan fingerprint density at radius 1 is 1.00 bits per heavy atom. The Hall–Kier alpha value is -3.02. The van der Waals surface area contributed by atoms with Gasteiger partial charge in [-0.25, -0.2) is 0 Å². The second kappa shape index (κ2) is 8.12. The van der Waals surface area contributed by atoms with Gasteiger partial charge in [0.25, 0.3) is 5.91 Å². The summed E-state index contributed by atoms with van der Waals surface area (Å²) in [5, 5.41) is 5.76. The van der Waals surface area contributed by atoms with E-state index < -0.39 is 0 Å². The zero-order valence-electron chi connectivity index (χ0n) is 15.6. The summed E-state index contributed by atoms with van der Waals surface area (Å²) in [5.74, 6) is 0.467. The van der Waals surface area contributed by atoms with Gasteiger partial charge in [-0.15, -0.1) is 0 Å². The zero-order valence-corrected chi connectivity index (χ0v) is 15.6. The number of carbonyl (C=O) groups excluding carboxylic acids is 2. The third-order valence-corrected chi connectivity index (χ3v) is 4.97. The van der Waals surface area contributed by atoms with Crippen molar-refractivity contribution in [3.63, 3.8) is 0 Å². The molecule has 2 aromatic carbocycles. The predicted molar refractivity (Wildman–Crippen MR) is 102 cm³/mol. The molecule has 3 rings (SSSR count). The van der Waals surface area contributed by atoms with Crippen molar-refractivity contribution in [1.29, 1.82) is 0 Å². The predicted octanol–water partition coefficient (Wildman–Crippen LogP) is 2.63. The van der Waals surface area contributed by atoms with E-state index in [0.29, 0.717) is 17.1 Å². The van der Waals surface area contributed by atoms with Crippen LogP contribution in [0.2, 0.25) is 0 Å². The first kappa shape index (κ1) is 18.8. The van der Waals surface area contributed by atoms with Crippen LogP contribution in [0.5, 0.6) is 11.5 Å². The number of ether oxygens (including phenoxy) is 2. The Kier molecular flexibility index (Phi) is 5.64. The highest BCUT2D eigenvalue weighted by Gasteiger charge is 2.39. The lowest BCUT2D eigenvalue weighted by atomic mass is 9.72. The van der Waals surface area contributed by atoms with Crippen LogP contribution in [0.1, 0.15) is 35.2 Å². The van der Waals surface area contributed by atoms with Crippen LogP contribution in [0.25, 0.3) is 0 Å². The average molecular weight is 368 g/mol. The van der Waals surface area contributed by atoms with E-state index in [9.17, 15) is 9.59 Å². The summed E-state index contributed by atoms with van der Waals surface area (Å²) in [7, 11) is 3.04. The molecule has 27 heavy (non-hydrogen) atoms. The van der Waals surface area contributed by atoms with E-state index in [4.69, 9.17) is 9.47 Å². The van der Waals surface area contributed by atoms with E-state index in [0.717, 1.165) is 24.8 Å². The van der Waals surface area contributed by atoms with Crippen molar-refractivity contribution in [3.8, 4) is 11.5 Å². The van der Waals surface area contributed by atoms with Crippen molar-refractivity contribution in [1.82, 2.24) is 10.6 Å². The van der Waals surface area contributed by atoms with Crippen molar-refractivity contribution in [3.05, 3.63) is 59.7 Å². The largest absolute Gasteiger partial charge is 0.493 e. The van der Waals surface area contributed by atoms with Crippen LogP contribution in [0.15, 0.2) is 48.5 Å². The summed E-state index contributed by atoms with van der Waals surface area (Å²) in [6.07, 6.45) is 2.89. The van der Waals surface area contributed by atoms with Crippen molar-refractivity contribution in [2.24, 2.45) is 0 Å². The maximum atomic E-state index is 12.4. The first-order chi connectivity index (χ1) is 13.1. The van der Waals surface area contributed by atoms with Gasteiger partial charge in [0.1, 0.15) is 0 Å². The van der Waals surface area contributed by atoms with Crippen LogP contribution in [-0.2, 0) is 10.3 Å². The van der Waals surface area contributed by atoms with Crippen LogP contribution < -0.4 is 20.1 Å². The van der Waals surface area contributed by atoms with Gasteiger partial charge < -0.3 is 20.1 Å². The van der Waals surface area contributed by atoms with Crippen molar-refractivity contribution in [2.45, 2.75) is 24.8 Å². The van der Waals surface area contributed by atoms with E-state index in [1.807, 2.05) is 30.3 Å². The highest BCUT2D eigenvalue weighted by molar-refractivity contribution is 5.97. The van der Waals surface area contributed by atoms with Crippen molar-refractivity contribution >= 4 is 11.8 Å². The van der Waals surface area contributed by atoms with Crippen LogP contribution >= 0.6 is 0 Å². The molecular formula is C21H24N2O4. The van der Waals surface area contributed by atoms with Crippen LogP contribution in [0.4, 0.5) is 0 Å². The number of carbonyl (C=O) groups is 2. The molecule has 0 heterocycles. The zero-order chi connectivity index (χ0) is 19.3. The van der Waals surface area contributed by atoms with Gasteiger partial charge in [-0.05, 0) is 43.0 Å². The second-order valence-corrected chi connectivity index (χ2v) is 6.60. The normalized spacial score (nSPS) is 14.6. The Morgan fingerprint density at radius 2 is 1.70 bits per heavy atom. The Morgan fingerprint density at radius 3 is 2.30 bits per heavy atom. The maximum Gasteiger partial charge on any atom is 0.251 e. The standard InChI is InChI=1S/C21H24N2O4/c1-26-17-10-9-15(13-18(17)27-2)20(25)22-14-19(24)23-21(11-6-12-21)16-7-4-3-5-8-16/h3-5,7-10,13H,6,11-12,14H2,1-2H3,(H,22,25)(H,23,24). The summed E-state index contributed by atoms with van der Waals surface area (Å²) in [6, 6.07) is 14.8. The molecule has 1 saturated carbocycles. The molecule has 0 spiro atoms. The minimum Gasteiger partial charge on any atom is -0.493 e. The Bertz CT molecular complexity index is 816. The smallest absolute Gasteiger partial charge is 0.251 e. The molecule has 1 aliphatic carbocycles. The van der Waals surface area contributed by atoms with Gasteiger partial charge in [-0.1, -0.05) is 30.3 Å². The van der Waals surface area contributed by atoms with Gasteiger partial charge >= 0.3 is 0 Å². The quantitative estimate of drug-likeness (QED) is 0.788. The molecule has 0 radical (unpaired) electrons. The van der Waals surface area contributed by atoms with Gasteiger partial charge in [-0.3, -0.25) is 9.59 Å². The maximum absolute atomic E-state index is 12.4. The van der Waals surface area contributed by atoms with Crippen molar-refractivity contribution in [2.75, 3.05) is 20.8 Å². The molecule has 0 unspecified atom stereocenters. The van der Waals surface area contributed by atoms with E-state index in [-0.39, 0.29) is 23.9 Å². The molecule has 0 atom stereocenters. The van der Waals surface area contributed by atoms with Crippen LogP contribution in [-0.4, -0.2) is 32.6 Å². The Labute approximate surface area is 158 Å². The van der Waals surface area contributed by atoms with E-state index in [2.05, 4.69) is 10.6 Å². The summed E-state index contributed by atoms with van der Waals surface area (Å²) < 4.78 is 10.4. The number of hydrogen-bond acceptors (Lipinski definition) is 4. The second-order valence-electron chi connectivity index (χ2n) is 6.60. The van der Waals surface area contributed by atoms with Gasteiger partial charge in [0.05, 0.1) is 26.3 Å². The van der Waals surface area contributed by atoms with Crippen molar-refractivity contribution < 1.29 is 19.1 Å². The third-order valence-electron chi connectivity index (χ3n) is 4.97. The summed E-state index contributed by atoms with van der Waals surface area (Å²) in [5.41, 5.74) is 1.20. The van der Waals surface area contributed by atoms with Crippen LogP contribution in [0.3, 0.4) is 0 Å². The number of amides is 2. The fourth-order valence-corrected chi connectivity index (χ4v) is 3.32. The summed E-state index contributed by atoms with van der Waals surface area (Å²) in [6.45, 7) is -0.0816. The molecule has 2 aromatic rings. The molecule has 1 fully saturated rings. The molecule has 0 saturated heterocycles. The van der Waals surface area contributed by atoms with Gasteiger partial charge in [-0.2, -0.15) is 0 Å². The summed E-state index contributed by atoms with van der Waals surface area (Å²) in [4.78, 5) is 24.8. The number of rotatable bonds is 7. The first-order valence-corrected chi connectivity index (χ1v) is 8.95. The van der Waals surface area contributed by atoms with E-state index in [1.165, 1.54) is 14.2 Å². The highest BCUT2D eigenvalue weighted by atomic mass is 16.5. The van der Waals surface area contributed by atoms with Crippen LogP contribution in [0, 0.1) is 0 Å². The summed E-state index contributed by atoms with van der Waals surface area (Å²) >= 11 is 0. The molecular weight excluding hydrogens is 344 g/mol. The number of methoxy groups -OCH3 is 2. The van der Waals surface area contributed by atoms with E-state index in [1.54, 1.807) is 18.2 Å². The van der Waals surface area contributed by atoms with Gasteiger partial charge in [0, 0.05) is 5.56 Å². The Balaban J connectivity index is 1.60. The van der Waals surface area contributed by atoms with Gasteiger partial charge in [0.2, 0.25) is 5.91 Å². The SMILES string of the molecule is COc1ccc(C(=O)NCC(=O)NC2(c3ccccc3)CCC2)cc1OC. The minimum atomic E-state index is -0.339.